The van der Waals surface area contributed by atoms with Crippen molar-refractivity contribution in [2.24, 2.45) is 0 Å². The lowest BCUT2D eigenvalue weighted by molar-refractivity contribution is 0.108. The maximum Gasteiger partial charge on any atom is 0.263 e. The Hall–Kier alpha value is -0.610. The predicted molar refractivity (Wildman–Crippen MR) is 62.9 cm³/mol. The Balaban J connectivity index is 2.72. The van der Waals surface area contributed by atoms with Crippen LogP contribution in [0.5, 0.6) is 0 Å². The molecule has 0 spiro atoms. The molecule has 1 aromatic carbocycles. The molecule has 0 bridgehead atoms. The molecular weight excluding hydrogens is 255 g/mol. The fourth-order valence-electron chi connectivity index (χ4n) is 1.34. The van der Waals surface area contributed by atoms with Gasteiger partial charge >= 0.3 is 0 Å². The summed E-state index contributed by atoms with van der Waals surface area (Å²) in [6.07, 6.45) is 0. The van der Waals surface area contributed by atoms with Gasteiger partial charge in [0.05, 0.1) is 11.6 Å². The van der Waals surface area contributed by atoms with Gasteiger partial charge in [-0.15, -0.1) is 11.3 Å². The zero-order chi connectivity index (χ0) is 11.0. The number of halogens is 2. The van der Waals surface area contributed by atoms with Crippen LogP contribution >= 0.6 is 34.5 Å². The Morgan fingerprint density at radius 3 is 2.80 bits per heavy atom. The van der Waals surface area contributed by atoms with Crippen molar-refractivity contribution in [3.8, 4) is 0 Å². The molecule has 1 aromatic heterocycles. The number of aliphatic hydroxyl groups is 1. The molecule has 0 amide bonds. The minimum Gasteiger partial charge on any atom is -0.392 e. The summed E-state index contributed by atoms with van der Waals surface area (Å²) in [4.78, 5) is 11.4. The number of aliphatic hydroxyl groups excluding tert-OH is 1. The summed E-state index contributed by atoms with van der Waals surface area (Å²) in [7, 11) is 0. The molecule has 2 rings (SSSR count). The van der Waals surface area contributed by atoms with Gasteiger partial charge in [0.15, 0.2) is 0 Å². The van der Waals surface area contributed by atoms with Crippen molar-refractivity contribution < 1.29 is 9.90 Å². The molecule has 5 heteroatoms. The summed E-state index contributed by atoms with van der Waals surface area (Å²) in [5.74, 6) is 0. The van der Waals surface area contributed by atoms with Gasteiger partial charge in [0, 0.05) is 10.1 Å². The maximum atomic E-state index is 11.0. The van der Waals surface area contributed by atoms with Gasteiger partial charge in [-0.3, -0.25) is 4.79 Å². The first kappa shape index (κ1) is 10.9. The van der Waals surface area contributed by atoms with E-state index in [1.54, 1.807) is 12.1 Å². The molecular formula is C10H6Cl2O2S. The van der Waals surface area contributed by atoms with Crippen LogP contribution < -0.4 is 0 Å². The molecule has 0 atom stereocenters. The minimum atomic E-state index is -0.549. The van der Waals surface area contributed by atoms with Crippen molar-refractivity contribution in [1.29, 1.82) is 0 Å². The molecule has 15 heavy (non-hydrogen) atoms. The van der Waals surface area contributed by atoms with Crippen LogP contribution in [0.2, 0.25) is 5.02 Å². The average Bonchev–Trinajstić information content (AvgIpc) is 2.56. The molecule has 2 aromatic rings. The summed E-state index contributed by atoms with van der Waals surface area (Å²) in [5.41, 5.74) is 0.760. The third-order valence-electron chi connectivity index (χ3n) is 2.05. The van der Waals surface area contributed by atoms with Gasteiger partial charge < -0.3 is 5.11 Å². The van der Waals surface area contributed by atoms with E-state index in [2.05, 4.69) is 0 Å². The van der Waals surface area contributed by atoms with Crippen LogP contribution in [0.3, 0.4) is 0 Å². The van der Waals surface area contributed by atoms with Crippen molar-refractivity contribution in [2.45, 2.75) is 6.61 Å². The van der Waals surface area contributed by atoms with Gasteiger partial charge in [0.25, 0.3) is 5.24 Å². The Morgan fingerprint density at radius 1 is 1.47 bits per heavy atom. The molecule has 0 unspecified atom stereocenters. The highest BCUT2D eigenvalue weighted by Crippen LogP contribution is 2.36. The lowest BCUT2D eigenvalue weighted by Gasteiger charge is -1.95. The highest BCUT2D eigenvalue weighted by molar-refractivity contribution is 7.23. The normalized spacial score (nSPS) is 10.9. The Labute approximate surface area is 100 Å². The quantitative estimate of drug-likeness (QED) is 0.841. The first-order chi connectivity index (χ1) is 7.13. The van der Waals surface area contributed by atoms with E-state index in [1.165, 1.54) is 11.3 Å². The number of fused-ring (bicyclic) bond motifs is 1. The first-order valence-electron chi connectivity index (χ1n) is 4.15. The second-order valence-corrected chi connectivity index (χ2v) is 4.78. The fourth-order valence-corrected chi connectivity index (χ4v) is 2.92. The summed E-state index contributed by atoms with van der Waals surface area (Å²) in [6, 6.07) is 5.37. The minimum absolute atomic E-state index is 0.0493. The lowest BCUT2D eigenvalue weighted by atomic mass is 10.2. The highest BCUT2D eigenvalue weighted by Gasteiger charge is 2.15. The Morgan fingerprint density at radius 2 is 2.20 bits per heavy atom. The van der Waals surface area contributed by atoms with E-state index >= 15 is 0 Å². The van der Waals surface area contributed by atoms with Gasteiger partial charge in [-0.1, -0.05) is 17.7 Å². The second kappa shape index (κ2) is 4.10. The third-order valence-corrected chi connectivity index (χ3v) is 4.03. The van der Waals surface area contributed by atoms with Crippen LogP contribution in [0.15, 0.2) is 18.2 Å². The number of hydrogen-bond donors (Lipinski definition) is 1. The van der Waals surface area contributed by atoms with Crippen LogP contribution in [0.1, 0.15) is 15.2 Å². The van der Waals surface area contributed by atoms with Crippen molar-refractivity contribution in [2.75, 3.05) is 0 Å². The highest BCUT2D eigenvalue weighted by atomic mass is 35.5. The molecule has 78 valence electrons. The topological polar surface area (TPSA) is 37.3 Å². The zero-order valence-electron chi connectivity index (χ0n) is 7.46. The fraction of sp³-hybridized carbons (Fsp3) is 0.100. The number of hydrogen-bond acceptors (Lipinski definition) is 3. The van der Waals surface area contributed by atoms with Gasteiger partial charge in [-0.25, -0.2) is 0 Å². The summed E-state index contributed by atoms with van der Waals surface area (Å²) in [5, 5.41) is 9.55. The van der Waals surface area contributed by atoms with E-state index in [0.717, 1.165) is 15.6 Å². The van der Waals surface area contributed by atoms with Crippen LogP contribution in [0.4, 0.5) is 0 Å². The largest absolute Gasteiger partial charge is 0.392 e. The molecule has 0 saturated carbocycles. The zero-order valence-corrected chi connectivity index (χ0v) is 9.79. The van der Waals surface area contributed by atoms with E-state index in [4.69, 9.17) is 28.3 Å². The molecule has 0 aliphatic heterocycles. The van der Waals surface area contributed by atoms with Gasteiger partial charge in [0.1, 0.15) is 4.88 Å². The third kappa shape index (κ3) is 1.88. The summed E-state index contributed by atoms with van der Waals surface area (Å²) < 4.78 is 0.890. The maximum absolute atomic E-state index is 11.0. The second-order valence-electron chi connectivity index (χ2n) is 3.01. The first-order valence-corrected chi connectivity index (χ1v) is 5.72. The van der Waals surface area contributed by atoms with E-state index < -0.39 is 5.24 Å². The van der Waals surface area contributed by atoms with Crippen LogP contribution in [0, 0.1) is 0 Å². The Kier molecular flexibility index (Phi) is 2.98. The molecule has 0 aliphatic carbocycles. The number of thiophene rings is 1. The van der Waals surface area contributed by atoms with Crippen molar-refractivity contribution in [3.05, 3.63) is 33.7 Å². The van der Waals surface area contributed by atoms with Crippen LogP contribution in [0.25, 0.3) is 10.1 Å². The van der Waals surface area contributed by atoms with Crippen LogP contribution in [-0.4, -0.2) is 10.3 Å². The monoisotopic (exact) mass is 260 g/mol. The van der Waals surface area contributed by atoms with E-state index in [9.17, 15) is 4.79 Å². The molecule has 0 radical (unpaired) electrons. The number of benzene rings is 1. The number of carbonyl (C=O) groups is 1. The molecule has 0 aliphatic rings. The van der Waals surface area contributed by atoms with Crippen molar-refractivity contribution >= 4 is 49.9 Å². The SMILES string of the molecule is O=C(Cl)c1sc2ccc(CO)cc2c1Cl. The van der Waals surface area contributed by atoms with E-state index in [-0.39, 0.29) is 6.61 Å². The summed E-state index contributed by atoms with van der Waals surface area (Å²) >= 11 is 12.7. The lowest BCUT2D eigenvalue weighted by Crippen LogP contribution is -1.83. The molecule has 0 saturated heterocycles. The average molecular weight is 261 g/mol. The van der Waals surface area contributed by atoms with Crippen LogP contribution in [-0.2, 0) is 6.61 Å². The smallest absolute Gasteiger partial charge is 0.263 e. The molecule has 2 nitrogen and oxygen atoms in total. The van der Waals surface area contributed by atoms with Gasteiger partial charge in [-0.2, -0.15) is 0 Å². The number of rotatable bonds is 2. The predicted octanol–water partition coefficient (Wildman–Crippen LogP) is 3.43. The van der Waals surface area contributed by atoms with E-state index in [1.807, 2.05) is 6.07 Å². The molecule has 1 N–H and O–H groups in total. The van der Waals surface area contributed by atoms with Gasteiger partial charge in [0.2, 0.25) is 0 Å². The van der Waals surface area contributed by atoms with E-state index in [0.29, 0.717) is 9.90 Å². The molecule has 0 fully saturated rings. The Bertz CT molecular complexity index is 533. The molecule has 1 heterocycles. The van der Waals surface area contributed by atoms with Gasteiger partial charge in [-0.05, 0) is 29.3 Å². The summed E-state index contributed by atoms with van der Waals surface area (Å²) in [6.45, 7) is -0.0493. The van der Waals surface area contributed by atoms with Crippen molar-refractivity contribution in [3.63, 3.8) is 0 Å². The number of carbonyl (C=O) groups excluding carboxylic acids is 1. The van der Waals surface area contributed by atoms with Crippen molar-refractivity contribution in [1.82, 2.24) is 0 Å². The standard InChI is InChI=1S/C10H6Cl2O2S/c11-8-6-3-5(4-13)1-2-7(6)15-9(8)10(12)14/h1-3,13H,4H2.